The van der Waals surface area contributed by atoms with Gasteiger partial charge in [-0.2, -0.15) is 20.5 Å². The molecule has 2 rings (SSSR count). The predicted octanol–water partition coefficient (Wildman–Crippen LogP) is 5.04. The lowest BCUT2D eigenvalue weighted by atomic mass is 10.2. The molecule has 2 aromatic rings. The van der Waals surface area contributed by atoms with Gasteiger partial charge in [0.15, 0.2) is 0 Å². The summed E-state index contributed by atoms with van der Waals surface area (Å²) in [6, 6.07) is 11.6. The minimum atomic E-state index is -5.03. The molecule has 1 unspecified atom stereocenters. The third-order valence-corrected chi connectivity index (χ3v) is 6.49. The highest BCUT2D eigenvalue weighted by Crippen LogP contribution is 2.50. The lowest BCUT2D eigenvalue weighted by molar-refractivity contribution is 0.188. The predicted molar refractivity (Wildman–Crippen MR) is 111 cm³/mol. The maximum Gasteiger partial charge on any atom is 0.442 e. The molecular weight excluding hydrogens is 499 g/mol. The Morgan fingerprint density at radius 3 is 2.43 bits per heavy atom. The number of benzene rings is 2. The van der Waals surface area contributed by atoms with Crippen molar-refractivity contribution in [3.05, 3.63) is 58.1 Å². The SMILES string of the molecule is CS(=O)(=O)Nc1cccc(CSCc2ccc(OP(=O)(O)C(F)F)c(Br)c2)c1. The van der Waals surface area contributed by atoms with Crippen LogP contribution >= 0.6 is 35.3 Å². The van der Waals surface area contributed by atoms with Gasteiger partial charge in [0, 0.05) is 17.2 Å². The van der Waals surface area contributed by atoms with Crippen LogP contribution in [0.25, 0.3) is 0 Å². The van der Waals surface area contributed by atoms with E-state index in [2.05, 4.69) is 25.2 Å². The van der Waals surface area contributed by atoms with Crippen LogP contribution < -0.4 is 9.25 Å². The fourth-order valence-electron chi connectivity index (χ4n) is 2.11. The average molecular weight is 516 g/mol. The van der Waals surface area contributed by atoms with Gasteiger partial charge in [0.1, 0.15) is 5.75 Å². The summed E-state index contributed by atoms with van der Waals surface area (Å²) in [4.78, 5) is 9.11. The number of rotatable bonds is 9. The van der Waals surface area contributed by atoms with Crippen molar-refractivity contribution >= 4 is 51.0 Å². The smallest absolute Gasteiger partial charge is 0.420 e. The second-order valence-electron chi connectivity index (χ2n) is 5.77. The van der Waals surface area contributed by atoms with Gasteiger partial charge in [-0.1, -0.05) is 18.2 Å². The first-order valence-electron chi connectivity index (χ1n) is 7.69. The van der Waals surface area contributed by atoms with Gasteiger partial charge in [-0.15, -0.1) is 0 Å². The number of thioether (sulfide) groups is 1. The van der Waals surface area contributed by atoms with E-state index in [1.165, 1.54) is 6.07 Å². The molecule has 0 aliphatic heterocycles. The van der Waals surface area contributed by atoms with Crippen molar-refractivity contribution in [2.24, 2.45) is 0 Å². The summed E-state index contributed by atoms with van der Waals surface area (Å²) in [6.45, 7) is 0. The molecule has 1 atom stereocenters. The second-order valence-corrected chi connectivity index (χ2v) is 11.1. The molecule has 28 heavy (non-hydrogen) atoms. The zero-order chi connectivity index (χ0) is 20.9. The molecule has 0 aromatic heterocycles. The molecule has 12 heteroatoms. The Kier molecular flexibility index (Phi) is 7.92. The third kappa shape index (κ3) is 7.36. The van der Waals surface area contributed by atoms with E-state index in [9.17, 15) is 21.8 Å². The van der Waals surface area contributed by atoms with Crippen LogP contribution in [-0.4, -0.2) is 25.7 Å². The molecule has 2 aromatic carbocycles. The first-order chi connectivity index (χ1) is 13.0. The molecule has 0 saturated heterocycles. The van der Waals surface area contributed by atoms with Crippen LogP contribution in [0.2, 0.25) is 0 Å². The summed E-state index contributed by atoms with van der Waals surface area (Å²) < 4.78 is 66.0. The molecule has 2 N–H and O–H groups in total. The number of alkyl halides is 2. The Bertz CT molecular complexity index is 991. The van der Waals surface area contributed by atoms with Crippen molar-refractivity contribution < 1.29 is 31.2 Å². The van der Waals surface area contributed by atoms with E-state index in [-0.39, 0.29) is 5.75 Å². The van der Waals surface area contributed by atoms with Gasteiger partial charge < -0.3 is 9.42 Å². The fraction of sp³-hybridized carbons (Fsp3) is 0.250. The first kappa shape index (κ1) is 23.2. The zero-order valence-corrected chi connectivity index (χ0v) is 18.6. The number of hydrogen-bond acceptors (Lipinski definition) is 5. The lowest BCUT2D eigenvalue weighted by Gasteiger charge is -2.14. The van der Waals surface area contributed by atoms with Crippen LogP contribution in [0.4, 0.5) is 14.5 Å². The largest absolute Gasteiger partial charge is 0.442 e. The molecule has 0 fully saturated rings. The molecule has 154 valence electrons. The maximum absolute atomic E-state index is 12.5. The Hall–Kier alpha value is -1.13. The number of halogens is 3. The van der Waals surface area contributed by atoms with E-state index in [1.807, 2.05) is 6.07 Å². The highest BCUT2D eigenvalue weighted by molar-refractivity contribution is 9.10. The second kappa shape index (κ2) is 9.58. The maximum atomic E-state index is 12.5. The van der Waals surface area contributed by atoms with Gasteiger partial charge in [0.2, 0.25) is 10.0 Å². The molecule has 0 radical (unpaired) electrons. The van der Waals surface area contributed by atoms with Gasteiger partial charge in [-0.05, 0) is 51.3 Å². The van der Waals surface area contributed by atoms with Crippen molar-refractivity contribution in [2.75, 3.05) is 11.0 Å². The van der Waals surface area contributed by atoms with Gasteiger partial charge in [-0.3, -0.25) is 4.72 Å². The van der Waals surface area contributed by atoms with Crippen molar-refractivity contribution in [1.82, 2.24) is 0 Å². The normalized spacial score (nSPS) is 13.9. The summed E-state index contributed by atoms with van der Waals surface area (Å²) in [5.41, 5.74) is 2.26. The third-order valence-electron chi connectivity index (χ3n) is 3.24. The van der Waals surface area contributed by atoms with Crippen LogP contribution in [0.3, 0.4) is 0 Å². The van der Waals surface area contributed by atoms with Crippen molar-refractivity contribution in [3.63, 3.8) is 0 Å². The van der Waals surface area contributed by atoms with E-state index in [0.29, 0.717) is 21.7 Å². The molecule has 0 heterocycles. The highest BCUT2D eigenvalue weighted by Gasteiger charge is 2.34. The molecule has 0 amide bonds. The zero-order valence-electron chi connectivity index (χ0n) is 14.5. The molecule has 0 spiro atoms. The Balaban J connectivity index is 1.96. The topological polar surface area (TPSA) is 92.7 Å². The number of hydrogen-bond donors (Lipinski definition) is 2. The lowest BCUT2D eigenvalue weighted by Crippen LogP contribution is -2.09. The van der Waals surface area contributed by atoms with E-state index in [1.54, 1.807) is 42.1 Å². The molecular formula is C16H17BrF2NO5PS2. The van der Waals surface area contributed by atoms with Crippen LogP contribution in [0.15, 0.2) is 46.9 Å². The number of anilines is 1. The summed E-state index contributed by atoms with van der Waals surface area (Å²) >= 11 is 4.70. The van der Waals surface area contributed by atoms with Gasteiger partial charge >= 0.3 is 13.8 Å². The van der Waals surface area contributed by atoms with Gasteiger partial charge in [-0.25, -0.2) is 13.0 Å². The monoisotopic (exact) mass is 515 g/mol. The standard InChI is InChI=1S/C16H17BrF2NO5PS2/c1-28(23,24)20-13-4-2-3-11(7-13)9-27-10-12-5-6-15(14(17)8-12)25-26(21,22)16(18)19/h2-8,16,20H,9-10H2,1H3,(H,21,22). The molecule has 0 aliphatic rings. The molecule has 0 aliphatic carbocycles. The highest BCUT2D eigenvalue weighted by atomic mass is 79.9. The van der Waals surface area contributed by atoms with E-state index in [0.717, 1.165) is 17.4 Å². The van der Waals surface area contributed by atoms with Crippen molar-refractivity contribution in [2.45, 2.75) is 17.7 Å². The number of nitrogens with one attached hydrogen (secondary N) is 1. The van der Waals surface area contributed by atoms with Crippen molar-refractivity contribution in [1.29, 1.82) is 0 Å². The summed E-state index contributed by atoms with van der Waals surface area (Å²) in [5.74, 6) is 1.06. The van der Waals surface area contributed by atoms with Crippen LogP contribution in [0.5, 0.6) is 5.75 Å². The van der Waals surface area contributed by atoms with Crippen LogP contribution in [-0.2, 0) is 26.1 Å². The van der Waals surface area contributed by atoms with E-state index < -0.39 is 23.8 Å². The van der Waals surface area contributed by atoms with Crippen LogP contribution in [0, 0.1) is 0 Å². The first-order valence-corrected chi connectivity index (χ1v) is 13.2. The minimum absolute atomic E-state index is 0.139. The molecule has 0 bridgehead atoms. The van der Waals surface area contributed by atoms with Crippen LogP contribution in [0.1, 0.15) is 11.1 Å². The van der Waals surface area contributed by atoms with Gasteiger partial charge in [0.25, 0.3) is 0 Å². The molecule has 0 saturated carbocycles. The van der Waals surface area contributed by atoms with Gasteiger partial charge in [0.05, 0.1) is 10.7 Å². The fourth-order valence-corrected chi connectivity index (χ4v) is 4.75. The summed E-state index contributed by atoms with van der Waals surface area (Å²) in [7, 11) is -8.37. The average Bonchev–Trinajstić information content (AvgIpc) is 2.56. The quantitative estimate of drug-likeness (QED) is 0.454. The minimum Gasteiger partial charge on any atom is -0.420 e. The van der Waals surface area contributed by atoms with E-state index in [4.69, 9.17) is 4.89 Å². The number of sulfonamides is 1. The summed E-state index contributed by atoms with van der Waals surface area (Å²) in [6.07, 6.45) is -2.40. The Labute approximate surface area is 174 Å². The Morgan fingerprint density at radius 2 is 1.86 bits per heavy atom. The molecule has 6 nitrogen and oxygen atoms in total. The summed E-state index contributed by atoms with van der Waals surface area (Å²) in [5, 5.41) is 0. The van der Waals surface area contributed by atoms with E-state index >= 15 is 0 Å². The Morgan fingerprint density at radius 1 is 1.21 bits per heavy atom. The van der Waals surface area contributed by atoms with Crippen molar-refractivity contribution in [3.8, 4) is 5.75 Å².